The van der Waals surface area contributed by atoms with Crippen LogP contribution in [0.1, 0.15) is 39.7 Å². The third kappa shape index (κ3) is 4.86. The molecule has 0 saturated heterocycles. The van der Waals surface area contributed by atoms with Crippen molar-refractivity contribution in [3.05, 3.63) is 48.3 Å². The van der Waals surface area contributed by atoms with E-state index in [-0.39, 0.29) is 5.82 Å². The predicted molar refractivity (Wildman–Crippen MR) is 109 cm³/mol. The molecule has 0 fully saturated rings. The van der Waals surface area contributed by atoms with Crippen LogP contribution in [-0.2, 0) is 10.3 Å². The smallest absolute Gasteiger partial charge is 0.413 e. The largest absolute Gasteiger partial charge is 0.444 e. The molecule has 8 heteroatoms. The molecule has 1 unspecified atom stereocenters. The molecular weight excluding hydrogens is 379 g/mol. The van der Waals surface area contributed by atoms with Crippen molar-refractivity contribution in [2.75, 3.05) is 5.75 Å². The molecule has 0 radical (unpaired) electrons. The van der Waals surface area contributed by atoms with E-state index >= 15 is 0 Å². The van der Waals surface area contributed by atoms with Gasteiger partial charge < -0.3 is 4.74 Å². The maximum atomic E-state index is 14.4. The third-order valence-corrected chi connectivity index (χ3v) is 5.12. The van der Waals surface area contributed by atoms with Gasteiger partial charge in [-0.3, -0.25) is 10.3 Å². The Hall–Kier alpha value is -2.48. The highest BCUT2D eigenvalue weighted by Crippen LogP contribution is 2.37. The fraction of sp³-hybridized carbons (Fsp3) is 0.400. The second kappa shape index (κ2) is 7.87. The van der Waals surface area contributed by atoms with E-state index in [0.29, 0.717) is 16.3 Å². The summed E-state index contributed by atoms with van der Waals surface area (Å²) in [4.78, 5) is 24.7. The van der Waals surface area contributed by atoms with E-state index in [4.69, 9.17) is 9.73 Å². The summed E-state index contributed by atoms with van der Waals surface area (Å²) in [6, 6.07) is 4.94. The zero-order chi connectivity index (χ0) is 20.4. The Morgan fingerprint density at radius 2 is 2.00 bits per heavy atom. The van der Waals surface area contributed by atoms with Crippen molar-refractivity contribution >= 4 is 23.0 Å². The van der Waals surface area contributed by atoms with Crippen molar-refractivity contribution in [2.45, 2.75) is 45.3 Å². The van der Waals surface area contributed by atoms with Gasteiger partial charge in [-0.2, -0.15) is 0 Å². The molecule has 1 atom stereocenters. The number of halogens is 1. The van der Waals surface area contributed by atoms with Crippen molar-refractivity contribution in [3.8, 4) is 11.1 Å². The second-order valence-corrected chi connectivity index (χ2v) is 8.82. The molecular formula is C20H23FN4O2S. The number of amidine groups is 1. The minimum Gasteiger partial charge on any atom is -0.444 e. The number of nitrogens with one attached hydrogen (secondary N) is 1. The maximum absolute atomic E-state index is 14.4. The van der Waals surface area contributed by atoms with Crippen LogP contribution in [0.2, 0.25) is 0 Å². The number of nitrogens with zero attached hydrogens (tertiary/aromatic N) is 3. The van der Waals surface area contributed by atoms with E-state index in [0.717, 1.165) is 17.7 Å². The first-order valence-corrected chi connectivity index (χ1v) is 9.93. The van der Waals surface area contributed by atoms with Crippen LogP contribution in [0.25, 0.3) is 11.1 Å². The molecule has 2 heterocycles. The second-order valence-electron chi connectivity index (χ2n) is 7.74. The fourth-order valence-corrected chi connectivity index (χ4v) is 3.96. The number of aromatic nitrogens is 2. The highest BCUT2D eigenvalue weighted by molar-refractivity contribution is 8.13. The molecule has 0 spiro atoms. The minimum atomic E-state index is -0.590. The molecule has 28 heavy (non-hydrogen) atoms. The summed E-state index contributed by atoms with van der Waals surface area (Å²) < 4.78 is 19.7. The molecule has 3 rings (SSSR count). The Bertz CT molecular complexity index is 899. The van der Waals surface area contributed by atoms with E-state index in [1.807, 2.05) is 6.92 Å². The van der Waals surface area contributed by atoms with Crippen LogP contribution in [0.5, 0.6) is 0 Å². The molecule has 1 aromatic heterocycles. The van der Waals surface area contributed by atoms with Gasteiger partial charge in [-0.05, 0) is 51.8 Å². The molecule has 2 aromatic rings. The molecule has 0 saturated carbocycles. The van der Waals surface area contributed by atoms with Gasteiger partial charge in [-0.1, -0.05) is 17.8 Å². The Labute approximate surface area is 168 Å². The van der Waals surface area contributed by atoms with Gasteiger partial charge in [0.25, 0.3) is 0 Å². The number of amides is 1. The first kappa shape index (κ1) is 20.3. The highest BCUT2D eigenvalue weighted by Gasteiger charge is 2.32. The van der Waals surface area contributed by atoms with Gasteiger partial charge in [0.15, 0.2) is 5.17 Å². The molecule has 1 aliphatic rings. The summed E-state index contributed by atoms with van der Waals surface area (Å²) in [7, 11) is 0. The van der Waals surface area contributed by atoms with Gasteiger partial charge >= 0.3 is 6.09 Å². The Morgan fingerprint density at radius 3 is 2.68 bits per heavy atom. The van der Waals surface area contributed by atoms with Crippen LogP contribution in [-0.4, -0.2) is 32.6 Å². The number of hydrogen-bond acceptors (Lipinski definition) is 6. The van der Waals surface area contributed by atoms with Gasteiger partial charge in [-0.25, -0.2) is 19.2 Å². The number of thioether (sulfide) groups is 1. The summed E-state index contributed by atoms with van der Waals surface area (Å²) in [5.74, 6) is 0.426. The van der Waals surface area contributed by atoms with E-state index in [1.165, 1.54) is 24.2 Å². The summed E-state index contributed by atoms with van der Waals surface area (Å²) in [5, 5.41) is 3.21. The fourth-order valence-electron chi connectivity index (χ4n) is 2.84. The van der Waals surface area contributed by atoms with Crippen LogP contribution < -0.4 is 5.32 Å². The summed E-state index contributed by atoms with van der Waals surface area (Å²) in [6.07, 6.45) is 4.78. The number of rotatable bonds is 2. The van der Waals surface area contributed by atoms with Crippen molar-refractivity contribution < 1.29 is 13.9 Å². The van der Waals surface area contributed by atoms with Gasteiger partial charge in [0, 0.05) is 29.3 Å². The van der Waals surface area contributed by atoms with Crippen LogP contribution in [0.3, 0.4) is 0 Å². The average molecular weight is 402 g/mol. The topological polar surface area (TPSA) is 76.5 Å². The number of hydrogen-bond donors (Lipinski definition) is 1. The Kier molecular flexibility index (Phi) is 5.69. The molecule has 1 amide bonds. The van der Waals surface area contributed by atoms with E-state index < -0.39 is 17.2 Å². The van der Waals surface area contributed by atoms with Crippen LogP contribution in [0.15, 0.2) is 41.9 Å². The van der Waals surface area contributed by atoms with Crippen LogP contribution in [0, 0.1) is 5.82 Å². The van der Waals surface area contributed by atoms with Gasteiger partial charge in [0.2, 0.25) is 0 Å². The van der Waals surface area contributed by atoms with Crippen molar-refractivity contribution in [1.29, 1.82) is 0 Å². The highest BCUT2D eigenvalue weighted by atomic mass is 32.2. The maximum Gasteiger partial charge on any atom is 0.413 e. The lowest BCUT2D eigenvalue weighted by Gasteiger charge is -2.31. The standard InChI is InChI=1S/C20H23FN4O2S/c1-19(2,3)27-18(26)24-17-25-20(4,7-8-28-17)14-5-6-16(21)15(9-14)13-10-22-12-23-11-13/h5-6,9-12H,7-8H2,1-4H3,(H,24,25,26). The van der Waals surface area contributed by atoms with Crippen molar-refractivity contribution in [1.82, 2.24) is 15.3 Å². The summed E-state index contributed by atoms with van der Waals surface area (Å²) >= 11 is 1.46. The predicted octanol–water partition coefficient (Wildman–Crippen LogP) is 4.52. The quantitative estimate of drug-likeness (QED) is 0.799. The normalized spacial score (nSPS) is 19.7. The van der Waals surface area contributed by atoms with E-state index in [1.54, 1.807) is 45.3 Å². The van der Waals surface area contributed by atoms with Gasteiger partial charge in [0.05, 0.1) is 5.54 Å². The third-order valence-electron chi connectivity index (χ3n) is 4.24. The molecule has 0 bridgehead atoms. The van der Waals surface area contributed by atoms with E-state index in [2.05, 4.69) is 15.3 Å². The molecule has 6 nitrogen and oxygen atoms in total. The number of carbonyl (C=O) groups is 1. The molecule has 148 valence electrons. The minimum absolute atomic E-state index is 0.344. The number of carbonyl (C=O) groups excluding carboxylic acids is 1. The molecule has 1 N–H and O–H groups in total. The number of ether oxygens (including phenoxy) is 1. The average Bonchev–Trinajstić information content (AvgIpc) is 2.61. The zero-order valence-electron chi connectivity index (χ0n) is 16.3. The van der Waals surface area contributed by atoms with Gasteiger partial charge in [0.1, 0.15) is 17.7 Å². The monoisotopic (exact) mass is 402 g/mol. The summed E-state index contributed by atoms with van der Waals surface area (Å²) in [6.45, 7) is 7.39. The SMILES string of the molecule is CC(C)(C)OC(=O)NC1=NC(C)(c2ccc(F)c(-c3cncnc3)c2)CCS1. The first-order chi connectivity index (χ1) is 13.2. The number of alkyl carbamates (subject to hydrolysis) is 1. The Morgan fingerprint density at radius 1 is 1.29 bits per heavy atom. The van der Waals surface area contributed by atoms with Crippen molar-refractivity contribution in [2.24, 2.45) is 4.99 Å². The number of benzene rings is 1. The Balaban J connectivity index is 1.89. The van der Waals surface area contributed by atoms with Crippen LogP contribution in [0.4, 0.5) is 9.18 Å². The van der Waals surface area contributed by atoms with Gasteiger partial charge in [-0.15, -0.1) is 0 Å². The molecule has 1 aliphatic heterocycles. The van der Waals surface area contributed by atoms with E-state index in [9.17, 15) is 9.18 Å². The lowest BCUT2D eigenvalue weighted by atomic mass is 9.88. The molecule has 1 aromatic carbocycles. The lowest BCUT2D eigenvalue weighted by Crippen LogP contribution is -2.38. The van der Waals surface area contributed by atoms with Crippen LogP contribution >= 0.6 is 11.8 Å². The first-order valence-electron chi connectivity index (χ1n) is 8.94. The molecule has 0 aliphatic carbocycles. The zero-order valence-corrected chi connectivity index (χ0v) is 17.1. The van der Waals surface area contributed by atoms with Crippen molar-refractivity contribution in [3.63, 3.8) is 0 Å². The summed E-state index contributed by atoms with van der Waals surface area (Å²) in [5.41, 5.74) is 0.711. The number of aliphatic imine (C=N–C) groups is 1. The lowest BCUT2D eigenvalue weighted by molar-refractivity contribution is 0.0564.